The third-order valence-corrected chi connectivity index (χ3v) is 13.5. The molecule has 0 aromatic heterocycles. The quantitative estimate of drug-likeness (QED) is 0.229. The SMILES string of the molecule is O=C1CCC(N2C(=O)c3cc4c(cc3C2=O)CN(CC2COC3(CCN(c5ccc([C@@H]6c7ccc(O)cc7CC[C@@H]6c6ccccc6)cc5)CC3)C2)C4)C(=O)N1. The van der Waals surface area contributed by atoms with Crippen LogP contribution in [0.2, 0.25) is 0 Å². The number of nitrogens with zero attached hydrogens (tertiary/aromatic N) is 3. The summed E-state index contributed by atoms with van der Waals surface area (Å²) in [5, 5.41) is 12.5. The summed E-state index contributed by atoms with van der Waals surface area (Å²) < 4.78 is 6.62. The average molecular weight is 751 g/mol. The molecule has 3 saturated heterocycles. The second kappa shape index (κ2) is 13.7. The Kier molecular flexibility index (Phi) is 8.60. The zero-order chi connectivity index (χ0) is 38.1. The van der Waals surface area contributed by atoms with Crippen molar-refractivity contribution in [1.29, 1.82) is 0 Å². The van der Waals surface area contributed by atoms with Gasteiger partial charge in [0.15, 0.2) is 0 Å². The average Bonchev–Trinajstić information content (AvgIpc) is 3.87. The topological polar surface area (TPSA) is 119 Å². The lowest BCUT2D eigenvalue weighted by atomic mass is 9.69. The number of phenols is 1. The van der Waals surface area contributed by atoms with E-state index >= 15 is 0 Å². The summed E-state index contributed by atoms with van der Waals surface area (Å²) in [6.45, 7) is 4.93. The zero-order valence-electron chi connectivity index (χ0n) is 31.4. The molecule has 1 aliphatic carbocycles. The van der Waals surface area contributed by atoms with E-state index in [0.717, 1.165) is 74.4 Å². The van der Waals surface area contributed by atoms with E-state index < -0.39 is 23.8 Å². The first-order chi connectivity index (χ1) is 27.2. The van der Waals surface area contributed by atoms with Gasteiger partial charge < -0.3 is 14.7 Å². The predicted molar refractivity (Wildman–Crippen MR) is 209 cm³/mol. The zero-order valence-corrected chi connectivity index (χ0v) is 31.4. The number of ether oxygens (including phenoxy) is 1. The summed E-state index contributed by atoms with van der Waals surface area (Å²) in [5.74, 6) is -0.529. The lowest BCUT2D eigenvalue weighted by molar-refractivity contribution is -0.136. The highest BCUT2D eigenvalue weighted by molar-refractivity contribution is 6.23. The number of carbonyl (C=O) groups is 4. The highest BCUT2D eigenvalue weighted by Crippen LogP contribution is 2.48. The van der Waals surface area contributed by atoms with E-state index in [1.54, 1.807) is 0 Å². The maximum Gasteiger partial charge on any atom is 0.262 e. The number of aromatic hydroxyl groups is 1. The number of aryl methyl sites for hydroxylation is 1. The predicted octanol–water partition coefficient (Wildman–Crippen LogP) is 6.05. The van der Waals surface area contributed by atoms with Crippen molar-refractivity contribution < 1.29 is 29.0 Å². The van der Waals surface area contributed by atoms with Crippen molar-refractivity contribution in [3.05, 3.63) is 129 Å². The molecular formula is C46H46N4O6. The number of nitrogens with one attached hydrogen (secondary N) is 1. The van der Waals surface area contributed by atoms with Gasteiger partial charge in [0, 0.05) is 50.7 Å². The van der Waals surface area contributed by atoms with Crippen LogP contribution in [-0.2, 0) is 33.8 Å². The normalized spacial score (nSPS) is 25.7. The number of piperidine rings is 2. The number of carbonyl (C=O) groups excluding carboxylic acids is 4. The Morgan fingerprint density at radius 2 is 1.48 bits per heavy atom. The molecule has 10 rings (SSSR count). The summed E-state index contributed by atoms with van der Waals surface area (Å²) in [4.78, 5) is 56.8. The van der Waals surface area contributed by atoms with E-state index in [1.165, 1.54) is 27.9 Å². The molecule has 10 heteroatoms. The molecule has 10 nitrogen and oxygen atoms in total. The van der Waals surface area contributed by atoms with Gasteiger partial charge in [-0.1, -0.05) is 48.5 Å². The third-order valence-electron chi connectivity index (χ3n) is 13.5. The van der Waals surface area contributed by atoms with E-state index in [0.29, 0.717) is 41.8 Å². The molecule has 4 aromatic rings. The number of fused-ring (bicyclic) bond motifs is 3. The molecule has 3 fully saturated rings. The number of benzene rings is 4. The van der Waals surface area contributed by atoms with Crippen molar-refractivity contribution in [2.45, 2.75) is 81.5 Å². The number of hydrogen-bond donors (Lipinski definition) is 2. The largest absolute Gasteiger partial charge is 0.508 e. The van der Waals surface area contributed by atoms with Gasteiger partial charge in [0.25, 0.3) is 11.8 Å². The highest BCUT2D eigenvalue weighted by atomic mass is 16.5. The molecule has 1 spiro atoms. The fourth-order valence-corrected chi connectivity index (χ4v) is 10.7. The molecule has 5 heterocycles. The van der Waals surface area contributed by atoms with Crippen LogP contribution in [0.5, 0.6) is 5.75 Å². The van der Waals surface area contributed by atoms with Gasteiger partial charge in [-0.25, -0.2) is 0 Å². The van der Waals surface area contributed by atoms with Gasteiger partial charge in [-0.15, -0.1) is 0 Å². The molecule has 0 saturated carbocycles. The monoisotopic (exact) mass is 750 g/mol. The Morgan fingerprint density at radius 3 is 2.18 bits per heavy atom. The molecule has 0 radical (unpaired) electrons. The second-order valence-electron chi connectivity index (χ2n) is 16.8. The highest BCUT2D eigenvalue weighted by Gasteiger charge is 2.46. The standard InChI is InChI=1S/C46H46N4O6/c51-35-11-13-37-31(20-35)8-12-36(29-4-2-1-3-5-29)42(37)30-6-9-34(10-7-30)49-18-16-46(17-19-49)23-28(27-56-46)24-48-25-32-21-38-39(22-33(32)26-48)45(55)50(44(38)54)40-14-15-41(52)47-43(40)53/h1-7,9-11,13,20-22,28,36,40,42,51H,8,12,14-19,23-27H2,(H,47,52,53)/t28?,36-,40?,42+/m1/s1. The van der Waals surface area contributed by atoms with Crippen LogP contribution < -0.4 is 10.2 Å². The van der Waals surface area contributed by atoms with Gasteiger partial charge in [0.1, 0.15) is 11.8 Å². The minimum Gasteiger partial charge on any atom is -0.508 e. The molecule has 0 bridgehead atoms. The minimum atomic E-state index is -0.954. The molecule has 5 aliphatic heterocycles. The van der Waals surface area contributed by atoms with Crippen LogP contribution in [0.1, 0.15) is 104 Å². The number of phenolic OH excluding ortho intramolecular Hbond substituents is 1. The summed E-state index contributed by atoms with van der Waals surface area (Å²) in [7, 11) is 0. The van der Waals surface area contributed by atoms with Crippen LogP contribution in [0.4, 0.5) is 5.69 Å². The summed E-state index contributed by atoms with van der Waals surface area (Å²) >= 11 is 0. The van der Waals surface area contributed by atoms with E-state index in [1.807, 2.05) is 24.3 Å². The first-order valence-electron chi connectivity index (χ1n) is 20.2. The van der Waals surface area contributed by atoms with Crippen molar-refractivity contribution >= 4 is 29.3 Å². The van der Waals surface area contributed by atoms with Crippen LogP contribution in [0, 0.1) is 5.92 Å². The Bertz CT molecular complexity index is 2200. The van der Waals surface area contributed by atoms with E-state index in [4.69, 9.17) is 4.74 Å². The molecule has 4 aromatic carbocycles. The van der Waals surface area contributed by atoms with Crippen LogP contribution in [0.15, 0.2) is 84.9 Å². The molecule has 286 valence electrons. The molecule has 56 heavy (non-hydrogen) atoms. The lowest BCUT2D eigenvalue weighted by Crippen LogP contribution is -2.54. The summed E-state index contributed by atoms with van der Waals surface area (Å²) in [6, 6.07) is 28.7. The smallest absolute Gasteiger partial charge is 0.262 e. The van der Waals surface area contributed by atoms with Gasteiger partial charge in [-0.3, -0.25) is 34.3 Å². The van der Waals surface area contributed by atoms with E-state index in [9.17, 15) is 24.3 Å². The maximum absolute atomic E-state index is 13.4. The number of hydrogen-bond acceptors (Lipinski definition) is 8. The van der Waals surface area contributed by atoms with Gasteiger partial charge in [0.2, 0.25) is 11.8 Å². The van der Waals surface area contributed by atoms with Crippen molar-refractivity contribution in [3.8, 4) is 5.75 Å². The van der Waals surface area contributed by atoms with Crippen LogP contribution in [-0.4, -0.2) is 76.4 Å². The molecule has 6 aliphatic rings. The first-order valence-corrected chi connectivity index (χ1v) is 20.2. The Labute approximate surface area is 326 Å². The first kappa shape index (κ1) is 35.1. The van der Waals surface area contributed by atoms with E-state index in [2.05, 4.69) is 75.8 Å². The Hall–Kier alpha value is -5.32. The number of anilines is 1. The Balaban J connectivity index is 0.762. The van der Waals surface area contributed by atoms with E-state index in [-0.39, 0.29) is 30.3 Å². The summed E-state index contributed by atoms with van der Waals surface area (Å²) in [6.07, 6.45) is 5.27. The Morgan fingerprint density at radius 1 is 0.768 bits per heavy atom. The molecule has 4 atom stereocenters. The summed E-state index contributed by atoms with van der Waals surface area (Å²) in [5.41, 5.74) is 9.16. The van der Waals surface area contributed by atoms with Gasteiger partial charge in [0.05, 0.1) is 23.3 Å². The maximum atomic E-state index is 13.4. The fraction of sp³-hybridized carbons (Fsp3) is 0.391. The lowest BCUT2D eigenvalue weighted by Gasteiger charge is -2.40. The van der Waals surface area contributed by atoms with Gasteiger partial charge in [-0.2, -0.15) is 0 Å². The van der Waals surface area contributed by atoms with Crippen LogP contribution in [0.25, 0.3) is 0 Å². The molecule has 2 unspecified atom stereocenters. The molecular weight excluding hydrogens is 705 g/mol. The van der Waals surface area contributed by atoms with Crippen LogP contribution >= 0.6 is 0 Å². The van der Waals surface area contributed by atoms with Crippen molar-refractivity contribution in [2.75, 3.05) is 31.1 Å². The van der Waals surface area contributed by atoms with Gasteiger partial charge in [-0.05, 0) is 120 Å². The van der Waals surface area contributed by atoms with Crippen molar-refractivity contribution in [1.82, 2.24) is 15.1 Å². The number of imide groups is 2. The van der Waals surface area contributed by atoms with Crippen molar-refractivity contribution in [2.24, 2.45) is 5.92 Å². The van der Waals surface area contributed by atoms with Gasteiger partial charge >= 0.3 is 0 Å². The second-order valence-corrected chi connectivity index (χ2v) is 16.8. The van der Waals surface area contributed by atoms with Crippen molar-refractivity contribution in [3.63, 3.8) is 0 Å². The molecule has 4 amide bonds. The third kappa shape index (κ3) is 6.10. The van der Waals surface area contributed by atoms with Crippen LogP contribution in [0.3, 0.4) is 0 Å². The molecule has 2 N–H and O–H groups in total. The number of amides is 4. The number of rotatable bonds is 6. The fourth-order valence-electron chi connectivity index (χ4n) is 10.7. The minimum absolute atomic E-state index is 0.104.